The minimum Gasteiger partial charge on any atom is -0.456 e. The third kappa shape index (κ3) is 9.75. The van der Waals surface area contributed by atoms with Crippen LogP contribution in [0.3, 0.4) is 0 Å². The summed E-state index contributed by atoms with van der Waals surface area (Å²) in [6, 6.07) is 43.9. The van der Waals surface area contributed by atoms with Gasteiger partial charge in [-0.1, -0.05) is 110 Å². The maximum atomic E-state index is 14.2. The molecule has 5 aromatic carbocycles. The summed E-state index contributed by atoms with van der Waals surface area (Å²) in [6.45, 7) is 5.28. The van der Waals surface area contributed by atoms with Gasteiger partial charge in [0.05, 0.1) is 22.3 Å². The molecule has 0 radical (unpaired) electrons. The molecule has 0 unspecified atom stereocenters. The lowest BCUT2D eigenvalue weighted by molar-refractivity contribution is -0.362. The smallest absolute Gasteiger partial charge is 0.338 e. The summed E-state index contributed by atoms with van der Waals surface area (Å²) >= 11 is 0. The van der Waals surface area contributed by atoms with Crippen LogP contribution in [0.25, 0.3) is 0 Å². The Kier molecular flexibility index (Phi) is 13.1. The van der Waals surface area contributed by atoms with Crippen LogP contribution in [0, 0.1) is 6.92 Å². The van der Waals surface area contributed by atoms with Crippen molar-refractivity contribution in [2.24, 2.45) is 0 Å². The number of aryl methyl sites for hydroxylation is 2. The second-order valence-corrected chi connectivity index (χ2v) is 14.7. The number of nitrogens with zero attached hydrogens (tertiary/aromatic N) is 1. The molecule has 6 atom stereocenters. The standard InChI is InChI=1S/C50H45NO10/c1-4-34-26-28-35(29-27-34)31-40-30-25-32(2)51-44(40)50(56)45(60-49(55)39-23-15-8-16-24-39)43(59-48(54)38-21-13-7-14-22-38)42(58-47(53)37-19-11-6-12-20-37)41(61-50)33(3)57-46(52)36-17-9-5-10-18-36/h5-30,33,41-43,45,56H,4,31H2,1-3H3/t33-,41+,42+,43-,45+,50+/m0/s1. The molecule has 0 spiro atoms. The van der Waals surface area contributed by atoms with Gasteiger partial charge in [-0.3, -0.25) is 4.98 Å². The van der Waals surface area contributed by atoms with Gasteiger partial charge in [-0.25, -0.2) is 19.2 Å². The van der Waals surface area contributed by atoms with Crippen molar-refractivity contribution >= 4 is 23.9 Å². The number of carbonyl (C=O) groups is 4. The second kappa shape index (κ2) is 19.0. The molecule has 1 aliphatic heterocycles. The Hall–Kier alpha value is -6.95. The van der Waals surface area contributed by atoms with Crippen LogP contribution in [0.15, 0.2) is 158 Å². The molecular formula is C50H45NO10. The summed E-state index contributed by atoms with van der Waals surface area (Å²) < 4.78 is 31.4. The third-order valence-electron chi connectivity index (χ3n) is 10.4. The molecule has 0 amide bonds. The van der Waals surface area contributed by atoms with Crippen molar-refractivity contribution in [3.63, 3.8) is 0 Å². The summed E-state index contributed by atoms with van der Waals surface area (Å²) in [5, 5.41) is 13.4. The van der Waals surface area contributed by atoms with Crippen LogP contribution >= 0.6 is 0 Å². The van der Waals surface area contributed by atoms with Crippen LogP contribution < -0.4 is 0 Å². The lowest BCUT2D eigenvalue weighted by Gasteiger charge is -2.50. The molecule has 0 saturated carbocycles. The molecule has 6 aromatic rings. The zero-order chi connectivity index (χ0) is 42.9. The van der Waals surface area contributed by atoms with Crippen molar-refractivity contribution in [1.82, 2.24) is 4.98 Å². The topological polar surface area (TPSA) is 148 Å². The lowest BCUT2D eigenvalue weighted by atomic mass is 9.85. The highest BCUT2D eigenvalue weighted by molar-refractivity contribution is 5.91. The molecule has 1 fully saturated rings. The lowest BCUT2D eigenvalue weighted by Crippen LogP contribution is -2.68. The van der Waals surface area contributed by atoms with Gasteiger partial charge < -0.3 is 28.8 Å². The van der Waals surface area contributed by atoms with Crippen LogP contribution in [0.5, 0.6) is 0 Å². The van der Waals surface area contributed by atoms with E-state index < -0.39 is 60.2 Å². The third-order valence-corrected chi connectivity index (χ3v) is 10.4. The molecular weight excluding hydrogens is 775 g/mol. The molecule has 11 nitrogen and oxygen atoms in total. The molecule has 1 saturated heterocycles. The van der Waals surface area contributed by atoms with Crippen LogP contribution in [0.1, 0.15) is 83.4 Å². The van der Waals surface area contributed by atoms with Crippen molar-refractivity contribution in [1.29, 1.82) is 0 Å². The van der Waals surface area contributed by atoms with E-state index in [9.17, 15) is 24.3 Å². The van der Waals surface area contributed by atoms with E-state index in [1.54, 1.807) is 104 Å². The Morgan fingerprint density at radius 1 is 0.607 bits per heavy atom. The highest BCUT2D eigenvalue weighted by atomic mass is 16.7. The molecule has 7 rings (SSSR count). The van der Waals surface area contributed by atoms with Gasteiger partial charge in [-0.2, -0.15) is 0 Å². The first kappa shape index (κ1) is 42.2. The van der Waals surface area contributed by atoms with E-state index >= 15 is 0 Å². The number of aromatic nitrogens is 1. The second-order valence-electron chi connectivity index (χ2n) is 14.7. The molecule has 310 valence electrons. The van der Waals surface area contributed by atoms with Crippen LogP contribution in [0.2, 0.25) is 0 Å². The first-order valence-electron chi connectivity index (χ1n) is 20.0. The number of aliphatic hydroxyl groups is 1. The zero-order valence-corrected chi connectivity index (χ0v) is 33.9. The molecule has 11 heteroatoms. The summed E-state index contributed by atoms with van der Waals surface area (Å²) in [7, 11) is 0. The monoisotopic (exact) mass is 819 g/mol. The molecule has 1 aliphatic rings. The van der Waals surface area contributed by atoms with Gasteiger partial charge in [-0.05, 0) is 98.0 Å². The SMILES string of the molecule is CCc1ccc(Cc2ccc(C)nc2[C@@]2(O)O[C@H]([C@H](C)OC(=O)c3ccccc3)[C@@H](OC(=O)c3ccccc3)[C@H](OC(=O)c3ccccc3)[C@H]2OC(=O)c2ccccc2)cc1. The molecule has 2 heterocycles. The van der Waals surface area contributed by atoms with E-state index in [0.717, 1.165) is 17.5 Å². The normalized spacial score (nSPS) is 20.1. The van der Waals surface area contributed by atoms with Gasteiger partial charge in [-0.15, -0.1) is 0 Å². The van der Waals surface area contributed by atoms with E-state index in [0.29, 0.717) is 11.3 Å². The highest BCUT2D eigenvalue weighted by Gasteiger charge is 2.63. The summed E-state index contributed by atoms with van der Waals surface area (Å²) in [5.41, 5.74) is 3.49. The molecule has 61 heavy (non-hydrogen) atoms. The molecule has 1 N–H and O–H groups in total. The number of ether oxygens (including phenoxy) is 5. The van der Waals surface area contributed by atoms with Crippen molar-refractivity contribution in [2.45, 2.75) is 69.9 Å². The quantitative estimate of drug-likeness (QED) is 0.0893. The van der Waals surface area contributed by atoms with Crippen molar-refractivity contribution < 1.29 is 48.0 Å². The summed E-state index contributed by atoms with van der Waals surface area (Å²) in [6.07, 6.45) is -7.17. The van der Waals surface area contributed by atoms with Gasteiger partial charge in [0, 0.05) is 5.69 Å². The number of rotatable bonds is 13. The van der Waals surface area contributed by atoms with E-state index in [2.05, 4.69) is 6.92 Å². The van der Waals surface area contributed by atoms with Crippen molar-refractivity contribution in [3.8, 4) is 0 Å². The summed E-state index contributed by atoms with van der Waals surface area (Å²) in [4.78, 5) is 60.9. The number of hydrogen-bond donors (Lipinski definition) is 1. The number of hydrogen-bond acceptors (Lipinski definition) is 11. The fraction of sp³-hybridized carbons (Fsp3) is 0.220. The Morgan fingerprint density at radius 2 is 1.05 bits per heavy atom. The van der Waals surface area contributed by atoms with Crippen molar-refractivity contribution in [3.05, 3.63) is 208 Å². The minimum atomic E-state index is -2.73. The average Bonchev–Trinajstić information content (AvgIpc) is 3.30. The average molecular weight is 820 g/mol. The van der Waals surface area contributed by atoms with Gasteiger partial charge in [0.15, 0.2) is 12.2 Å². The number of pyridine rings is 1. The minimum absolute atomic E-state index is 0.0573. The number of esters is 4. The Labute approximate surface area is 353 Å². The Morgan fingerprint density at radius 3 is 1.54 bits per heavy atom. The Bertz CT molecular complexity index is 2450. The molecule has 0 bridgehead atoms. The summed E-state index contributed by atoms with van der Waals surface area (Å²) in [5.74, 6) is -6.13. The van der Waals surface area contributed by atoms with Crippen LogP contribution in [-0.2, 0) is 42.3 Å². The van der Waals surface area contributed by atoms with Gasteiger partial charge in [0.2, 0.25) is 6.10 Å². The van der Waals surface area contributed by atoms with E-state index in [1.165, 1.54) is 43.3 Å². The van der Waals surface area contributed by atoms with Crippen molar-refractivity contribution in [2.75, 3.05) is 0 Å². The number of carbonyl (C=O) groups excluding carboxylic acids is 4. The fourth-order valence-corrected chi connectivity index (χ4v) is 7.21. The number of benzene rings is 5. The van der Waals surface area contributed by atoms with Gasteiger partial charge >= 0.3 is 23.9 Å². The van der Waals surface area contributed by atoms with E-state index in [4.69, 9.17) is 28.7 Å². The van der Waals surface area contributed by atoms with E-state index in [1.807, 2.05) is 24.3 Å². The maximum absolute atomic E-state index is 14.2. The largest absolute Gasteiger partial charge is 0.456 e. The first-order chi connectivity index (χ1) is 29.5. The first-order valence-corrected chi connectivity index (χ1v) is 20.0. The van der Waals surface area contributed by atoms with Crippen LogP contribution in [0.4, 0.5) is 0 Å². The van der Waals surface area contributed by atoms with Gasteiger partial charge in [0.1, 0.15) is 17.9 Å². The predicted octanol–water partition coefficient (Wildman–Crippen LogP) is 8.01. The Balaban J connectivity index is 1.42. The fourth-order valence-electron chi connectivity index (χ4n) is 7.21. The predicted molar refractivity (Wildman–Crippen MR) is 225 cm³/mol. The van der Waals surface area contributed by atoms with Gasteiger partial charge in [0.25, 0.3) is 5.79 Å². The molecule has 1 aromatic heterocycles. The zero-order valence-electron chi connectivity index (χ0n) is 33.9. The highest BCUT2D eigenvalue weighted by Crippen LogP contribution is 2.44. The van der Waals surface area contributed by atoms with Crippen LogP contribution in [-0.4, -0.2) is 64.5 Å². The molecule has 0 aliphatic carbocycles. The maximum Gasteiger partial charge on any atom is 0.338 e. The van der Waals surface area contributed by atoms with E-state index in [-0.39, 0.29) is 34.4 Å².